The number of aromatic nitrogens is 4. The Morgan fingerprint density at radius 2 is 1.69 bits per heavy atom. The molecule has 0 N–H and O–H groups in total. The smallest absolute Gasteiger partial charge is 0.176 e. The Hall–Kier alpha value is -4.37. The highest BCUT2D eigenvalue weighted by molar-refractivity contribution is 6.02. The largest absolute Gasteiger partial charge is 0.293 e. The monoisotopic (exact) mass is 471 g/mol. The molecule has 0 amide bonds. The lowest BCUT2D eigenvalue weighted by atomic mass is 9.57. The van der Waals surface area contributed by atoms with Gasteiger partial charge in [-0.2, -0.15) is 10.4 Å². The fourth-order valence-corrected chi connectivity index (χ4v) is 6.11. The summed E-state index contributed by atoms with van der Waals surface area (Å²) < 4.78 is 2.01. The van der Waals surface area contributed by atoms with Crippen LogP contribution in [-0.2, 0) is 16.6 Å². The number of Topliss-reactive ketones (excluding diaryl/α,β-unsaturated/α-hetero) is 1. The summed E-state index contributed by atoms with van der Waals surface area (Å²) in [6.45, 7) is 4.11. The normalized spacial score (nSPS) is 22.8. The molecule has 2 aliphatic rings. The molecule has 2 aromatic carbocycles. The van der Waals surface area contributed by atoms with Gasteiger partial charge < -0.3 is 0 Å². The predicted octanol–water partition coefficient (Wildman–Crippen LogP) is 5.49. The van der Waals surface area contributed by atoms with E-state index in [9.17, 15) is 10.1 Å². The number of carbonyl (C=O) groups is 1. The second-order valence-corrected chi connectivity index (χ2v) is 9.88. The van der Waals surface area contributed by atoms with E-state index in [4.69, 9.17) is 5.10 Å². The molecular formula is C30H25N5O. The third kappa shape index (κ3) is 3.31. The van der Waals surface area contributed by atoms with Crippen LogP contribution in [0.15, 0.2) is 85.0 Å². The molecule has 2 aliphatic carbocycles. The third-order valence-corrected chi connectivity index (χ3v) is 7.87. The van der Waals surface area contributed by atoms with Crippen LogP contribution in [0.3, 0.4) is 0 Å². The van der Waals surface area contributed by atoms with Crippen LogP contribution >= 0.6 is 0 Å². The van der Waals surface area contributed by atoms with Crippen molar-refractivity contribution in [2.45, 2.75) is 32.1 Å². The molecule has 2 aromatic heterocycles. The van der Waals surface area contributed by atoms with Gasteiger partial charge in [0, 0.05) is 34.9 Å². The molecule has 3 atom stereocenters. The quantitative estimate of drug-likeness (QED) is 0.395. The molecule has 6 rings (SSSR count). The summed E-state index contributed by atoms with van der Waals surface area (Å²) in [6.07, 6.45) is 8.63. The first kappa shape index (κ1) is 22.1. The maximum absolute atomic E-state index is 12.9. The molecule has 0 radical (unpaired) electrons. The van der Waals surface area contributed by atoms with Crippen LogP contribution in [0.1, 0.15) is 31.5 Å². The maximum atomic E-state index is 12.9. The van der Waals surface area contributed by atoms with Gasteiger partial charge in [-0.1, -0.05) is 62.4 Å². The van der Waals surface area contributed by atoms with E-state index in [0.29, 0.717) is 0 Å². The molecule has 0 spiro atoms. The van der Waals surface area contributed by atoms with Gasteiger partial charge in [0.2, 0.25) is 0 Å². The average molecular weight is 472 g/mol. The number of benzene rings is 2. The van der Waals surface area contributed by atoms with Crippen LogP contribution < -0.4 is 0 Å². The Labute approximate surface area is 210 Å². The molecule has 0 saturated heterocycles. The van der Waals surface area contributed by atoms with Crippen molar-refractivity contribution in [3.05, 3.63) is 96.2 Å². The van der Waals surface area contributed by atoms with Crippen LogP contribution in [0.25, 0.3) is 28.1 Å². The van der Waals surface area contributed by atoms with Crippen molar-refractivity contribution >= 4 is 5.78 Å². The first-order valence-corrected chi connectivity index (χ1v) is 12.2. The van der Waals surface area contributed by atoms with E-state index in [-0.39, 0.29) is 23.2 Å². The molecular weight excluding hydrogens is 446 g/mol. The number of rotatable bonds is 3. The highest BCUT2D eigenvalue weighted by Crippen LogP contribution is 2.52. The lowest BCUT2D eigenvalue weighted by Crippen LogP contribution is -2.46. The molecule has 0 fully saturated rings. The minimum Gasteiger partial charge on any atom is -0.293 e. The second-order valence-electron chi connectivity index (χ2n) is 9.88. The van der Waals surface area contributed by atoms with Crippen LogP contribution in [0.2, 0.25) is 0 Å². The van der Waals surface area contributed by atoms with Gasteiger partial charge >= 0.3 is 0 Å². The topological polar surface area (TPSA) is 84.5 Å². The summed E-state index contributed by atoms with van der Waals surface area (Å²) >= 11 is 0. The molecule has 0 unspecified atom stereocenters. The molecule has 6 nitrogen and oxygen atoms in total. The highest BCUT2D eigenvalue weighted by Gasteiger charge is 2.50. The first-order valence-electron chi connectivity index (χ1n) is 12.2. The van der Waals surface area contributed by atoms with Gasteiger partial charge in [0.05, 0.1) is 22.6 Å². The minimum absolute atomic E-state index is 0.0570. The molecule has 176 valence electrons. The van der Waals surface area contributed by atoms with Crippen molar-refractivity contribution in [3.8, 4) is 34.1 Å². The number of allylic oxidation sites excluding steroid dienone is 2. The van der Waals surface area contributed by atoms with E-state index >= 15 is 0 Å². The number of fused-ring (bicyclic) bond motifs is 3. The summed E-state index contributed by atoms with van der Waals surface area (Å²) in [4.78, 5) is 21.3. The summed E-state index contributed by atoms with van der Waals surface area (Å²) in [6, 6.07) is 20.8. The van der Waals surface area contributed by atoms with E-state index in [2.05, 4.69) is 59.4 Å². The molecule has 0 aliphatic heterocycles. The van der Waals surface area contributed by atoms with Gasteiger partial charge in [-0.05, 0) is 42.0 Å². The zero-order valence-corrected chi connectivity index (χ0v) is 20.2. The zero-order chi connectivity index (χ0) is 24.9. The van der Waals surface area contributed by atoms with Gasteiger partial charge in [-0.3, -0.25) is 4.79 Å². The van der Waals surface area contributed by atoms with E-state index in [1.165, 1.54) is 6.33 Å². The van der Waals surface area contributed by atoms with E-state index in [1.807, 2.05) is 35.9 Å². The van der Waals surface area contributed by atoms with Gasteiger partial charge in [0.25, 0.3) is 0 Å². The standard InChI is InChI=1S/C30H25N5O/c1-19-26-13-12-25-27(23-16-32-18-33-17-23)34-35(29(25)30(26,2)14-22(15-31)28(19)36)24-10-8-21(9-11-24)20-6-4-3-5-7-20/h3-11,14,16-19,26H,12-13H2,1-2H3/t19-,26-,30-/m1/s1. The first-order chi connectivity index (χ1) is 17.5. The van der Waals surface area contributed by atoms with E-state index < -0.39 is 5.41 Å². The van der Waals surface area contributed by atoms with Gasteiger partial charge in [0.15, 0.2) is 5.78 Å². The van der Waals surface area contributed by atoms with E-state index in [0.717, 1.165) is 52.2 Å². The number of nitrogens with zero attached hydrogens (tertiary/aromatic N) is 5. The fourth-order valence-electron chi connectivity index (χ4n) is 6.11. The third-order valence-electron chi connectivity index (χ3n) is 7.87. The summed E-state index contributed by atoms with van der Waals surface area (Å²) in [7, 11) is 0. The summed E-state index contributed by atoms with van der Waals surface area (Å²) in [5, 5.41) is 14.9. The molecule has 36 heavy (non-hydrogen) atoms. The fraction of sp³-hybridized carbons (Fsp3) is 0.233. The lowest BCUT2D eigenvalue weighted by molar-refractivity contribution is -0.121. The van der Waals surface area contributed by atoms with Crippen LogP contribution in [-0.4, -0.2) is 25.5 Å². The Morgan fingerprint density at radius 1 is 1.00 bits per heavy atom. The number of nitriles is 1. The molecule has 2 heterocycles. The van der Waals surface area contributed by atoms with Gasteiger partial charge in [0.1, 0.15) is 12.4 Å². The number of hydrogen-bond donors (Lipinski definition) is 0. The molecule has 0 bridgehead atoms. The van der Waals surface area contributed by atoms with Crippen molar-refractivity contribution in [1.82, 2.24) is 19.7 Å². The molecule has 0 saturated carbocycles. The average Bonchev–Trinajstić information content (AvgIpc) is 3.33. The molecule has 4 aromatic rings. The summed E-state index contributed by atoms with van der Waals surface area (Å²) in [5.74, 6) is -0.193. The number of ketones is 1. The van der Waals surface area contributed by atoms with Crippen LogP contribution in [0.5, 0.6) is 0 Å². The molecule has 6 heteroatoms. The second kappa shape index (κ2) is 8.39. The highest BCUT2D eigenvalue weighted by atomic mass is 16.1. The SMILES string of the molecule is C[C@H]1C(=O)C(C#N)=C[C@@]2(C)c3c(c(-c4cncnc4)nn3-c3ccc(-c4ccccc4)cc3)CC[C@H]12. The Bertz CT molecular complexity index is 1530. The maximum Gasteiger partial charge on any atom is 0.176 e. The number of carbonyl (C=O) groups excluding carboxylic acids is 1. The number of hydrogen-bond acceptors (Lipinski definition) is 5. The zero-order valence-electron chi connectivity index (χ0n) is 20.2. The Morgan fingerprint density at radius 3 is 2.39 bits per heavy atom. The van der Waals surface area contributed by atoms with Crippen molar-refractivity contribution in [2.24, 2.45) is 11.8 Å². The van der Waals surface area contributed by atoms with Crippen molar-refractivity contribution < 1.29 is 4.79 Å². The van der Waals surface area contributed by atoms with E-state index in [1.54, 1.807) is 12.4 Å². The lowest BCUT2D eigenvalue weighted by Gasteiger charge is -2.45. The van der Waals surface area contributed by atoms with Crippen molar-refractivity contribution in [3.63, 3.8) is 0 Å². The van der Waals surface area contributed by atoms with Crippen molar-refractivity contribution in [2.75, 3.05) is 0 Å². The Kier molecular flexibility index (Phi) is 5.15. The minimum atomic E-state index is -0.509. The summed E-state index contributed by atoms with van der Waals surface area (Å²) in [5.41, 5.74) is 6.84. The van der Waals surface area contributed by atoms with Gasteiger partial charge in [-0.15, -0.1) is 0 Å². The van der Waals surface area contributed by atoms with Crippen molar-refractivity contribution in [1.29, 1.82) is 5.26 Å². The van der Waals surface area contributed by atoms with Gasteiger partial charge in [-0.25, -0.2) is 14.6 Å². The predicted molar refractivity (Wildman–Crippen MR) is 137 cm³/mol. The Balaban J connectivity index is 1.57. The van der Waals surface area contributed by atoms with Crippen LogP contribution in [0, 0.1) is 23.2 Å². The van der Waals surface area contributed by atoms with Crippen LogP contribution in [0.4, 0.5) is 0 Å².